The Balaban J connectivity index is 1.40. The van der Waals surface area contributed by atoms with Crippen molar-refractivity contribution in [3.63, 3.8) is 0 Å². The van der Waals surface area contributed by atoms with E-state index in [0.717, 1.165) is 27.8 Å². The number of carbonyl (C=O) groups excluding carboxylic acids is 1. The second-order valence-corrected chi connectivity index (χ2v) is 7.47. The quantitative estimate of drug-likeness (QED) is 0.293. The van der Waals surface area contributed by atoms with Crippen LogP contribution in [-0.4, -0.2) is 10.9 Å². The van der Waals surface area contributed by atoms with Gasteiger partial charge in [0, 0.05) is 16.6 Å². The van der Waals surface area contributed by atoms with Crippen LogP contribution < -0.4 is 5.32 Å². The molecule has 0 unspecified atom stereocenters. The predicted molar refractivity (Wildman–Crippen MR) is 132 cm³/mol. The number of aromatic nitrogens is 1. The van der Waals surface area contributed by atoms with Crippen LogP contribution in [0.2, 0.25) is 0 Å². The molecule has 1 heterocycles. The van der Waals surface area contributed by atoms with Gasteiger partial charge in [-0.15, -0.1) is 0 Å². The Hall–Kier alpha value is -4.64. The first-order valence-corrected chi connectivity index (χ1v) is 10.6. The minimum atomic E-state index is -0.190. The number of carbonyl (C=O) groups is 1. The van der Waals surface area contributed by atoms with Crippen LogP contribution in [0.4, 0.5) is 17.1 Å². The number of nitrogens with zero attached hydrogens (tertiary/aromatic N) is 3. The zero-order valence-electron chi connectivity index (χ0n) is 17.7. The molecule has 4 aromatic carbocycles. The molecule has 1 amide bonds. The van der Waals surface area contributed by atoms with Crippen molar-refractivity contribution in [1.29, 1.82) is 0 Å². The van der Waals surface area contributed by atoms with Crippen molar-refractivity contribution in [3.05, 3.63) is 121 Å². The third-order valence-electron chi connectivity index (χ3n) is 5.19. The van der Waals surface area contributed by atoms with E-state index in [0.29, 0.717) is 16.9 Å². The van der Waals surface area contributed by atoms with Gasteiger partial charge in [-0.2, -0.15) is 10.2 Å². The molecule has 0 fully saturated rings. The lowest BCUT2D eigenvalue weighted by atomic mass is 10.0. The number of pyridine rings is 1. The van der Waals surface area contributed by atoms with Gasteiger partial charge < -0.3 is 5.32 Å². The van der Waals surface area contributed by atoms with Crippen molar-refractivity contribution in [2.24, 2.45) is 10.2 Å². The summed E-state index contributed by atoms with van der Waals surface area (Å²) in [6.45, 7) is 0. The van der Waals surface area contributed by atoms with Crippen LogP contribution in [0, 0.1) is 0 Å². The fourth-order valence-corrected chi connectivity index (χ4v) is 3.54. The number of hydrogen-bond donors (Lipinski definition) is 1. The summed E-state index contributed by atoms with van der Waals surface area (Å²) < 4.78 is 0. The highest BCUT2D eigenvalue weighted by Gasteiger charge is 2.14. The number of hydrogen-bond acceptors (Lipinski definition) is 4. The van der Waals surface area contributed by atoms with Gasteiger partial charge in [-0.3, -0.25) is 4.79 Å². The predicted octanol–water partition coefficient (Wildman–Crippen LogP) is 7.57. The van der Waals surface area contributed by atoms with Crippen LogP contribution in [0.5, 0.6) is 0 Å². The van der Waals surface area contributed by atoms with Crippen LogP contribution in [-0.2, 0) is 0 Å². The second kappa shape index (κ2) is 9.24. The topological polar surface area (TPSA) is 66.7 Å². The lowest BCUT2D eigenvalue weighted by Gasteiger charge is -2.11. The highest BCUT2D eigenvalue weighted by atomic mass is 16.1. The molecule has 1 aromatic heterocycles. The van der Waals surface area contributed by atoms with Crippen LogP contribution in [0.1, 0.15) is 10.4 Å². The summed E-state index contributed by atoms with van der Waals surface area (Å²) in [5, 5.41) is 12.3. The summed E-state index contributed by atoms with van der Waals surface area (Å²) >= 11 is 0. The zero-order chi connectivity index (χ0) is 22.5. The van der Waals surface area contributed by atoms with Gasteiger partial charge in [-0.1, -0.05) is 66.7 Å². The summed E-state index contributed by atoms with van der Waals surface area (Å²) in [6.07, 6.45) is 0. The molecule has 5 aromatic rings. The van der Waals surface area contributed by atoms with Crippen molar-refractivity contribution in [1.82, 2.24) is 4.98 Å². The number of nitrogens with one attached hydrogen (secondary N) is 1. The van der Waals surface area contributed by atoms with Gasteiger partial charge in [0.25, 0.3) is 5.91 Å². The first-order chi connectivity index (χ1) is 16.3. The van der Waals surface area contributed by atoms with E-state index >= 15 is 0 Å². The standard InChI is InChI=1S/C28H20N4O/c33-28(29-21-15-17-23(18-16-21)32-31-22-11-5-2-6-12-22)25-19-27(20-9-3-1-4-10-20)30-26-14-8-7-13-24(25)26/h1-19H,(H,29,33). The molecule has 0 atom stereocenters. The van der Waals surface area contributed by atoms with Crippen molar-refractivity contribution in [3.8, 4) is 11.3 Å². The summed E-state index contributed by atoms with van der Waals surface area (Å²) in [5.74, 6) is -0.190. The molecule has 5 nitrogen and oxygen atoms in total. The number of rotatable bonds is 5. The molecule has 33 heavy (non-hydrogen) atoms. The van der Waals surface area contributed by atoms with Crippen molar-refractivity contribution in [2.75, 3.05) is 5.32 Å². The molecule has 0 aliphatic rings. The van der Waals surface area contributed by atoms with E-state index in [1.807, 2.05) is 115 Å². The number of fused-ring (bicyclic) bond motifs is 1. The molecule has 0 saturated heterocycles. The van der Waals surface area contributed by atoms with Crippen LogP contribution in [0.25, 0.3) is 22.2 Å². The Kier molecular flexibility index (Phi) is 5.68. The molecular formula is C28H20N4O. The molecule has 0 aliphatic carbocycles. The molecular weight excluding hydrogens is 408 g/mol. The summed E-state index contributed by atoms with van der Waals surface area (Å²) in [6, 6.07) is 36.2. The maximum absolute atomic E-state index is 13.2. The van der Waals surface area contributed by atoms with E-state index in [1.54, 1.807) is 0 Å². The van der Waals surface area contributed by atoms with Gasteiger partial charge in [0.05, 0.1) is 28.1 Å². The van der Waals surface area contributed by atoms with Gasteiger partial charge in [0.1, 0.15) is 0 Å². The number of anilines is 1. The first-order valence-electron chi connectivity index (χ1n) is 10.6. The van der Waals surface area contributed by atoms with E-state index in [9.17, 15) is 4.79 Å². The number of amides is 1. The lowest BCUT2D eigenvalue weighted by molar-refractivity contribution is 0.102. The van der Waals surface area contributed by atoms with Gasteiger partial charge >= 0.3 is 0 Å². The molecule has 5 heteroatoms. The smallest absolute Gasteiger partial charge is 0.256 e. The average molecular weight is 428 g/mol. The summed E-state index contributed by atoms with van der Waals surface area (Å²) in [4.78, 5) is 18.0. The summed E-state index contributed by atoms with van der Waals surface area (Å²) in [5.41, 5.74) is 5.25. The summed E-state index contributed by atoms with van der Waals surface area (Å²) in [7, 11) is 0. The monoisotopic (exact) mass is 428 g/mol. The fraction of sp³-hybridized carbons (Fsp3) is 0. The van der Waals surface area contributed by atoms with Gasteiger partial charge in [0.2, 0.25) is 0 Å². The molecule has 0 saturated carbocycles. The van der Waals surface area contributed by atoms with Crippen LogP contribution in [0.15, 0.2) is 125 Å². The van der Waals surface area contributed by atoms with E-state index in [1.165, 1.54) is 0 Å². The highest BCUT2D eigenvalue weighted by molar-refractivity contribution is 6.13. The van der Waals surface area contributed by atoms with Gasteiger partial charge in [-0.25, -0.2) is 4.98 Å². The molecule has 5 rings (SSSR count). The Morgan fingerprint density at radius 3 is 2.00 bits per heavy atom. The third-order valence-corrected chi connectivity index (χ3v) is 5.19. The third kappa shape index (κ3) is 4.67. The zero-order valence-corrected chi connectivity index (χ0v) is 17.7. The SMILES string of the molecule is O=C(Nc1ccc(N=Nc2ccccc2)cc1)c1cc(-c2ccccc2)nc2ccccc12. The van der Waals surface area contributed by atoms with Crippen LogP contribution in [0.3, 0.4) is 0 Å². The molecule has 0 spiro atoms. The van der Waals surface area contributed by atoms with Crippen molar-refractivity contribution in [2.45, 2.75) is 0 Å². The minimum absolute atomic E-state index is 0.190. The van der Waals surface area contributed by atoms with Gasteiger partial charge in [-0.05, 0) is 48.5 Å². The first kappa shape index (κ1) is 20.3. The maximum atomic E-state index is 13.2. The number of para-hydroxylation sites is 1. The Morgan fingerprint density at radius 1 is 0.667 bits per heavy atom. The molecule has 0 aliphatic heterocycles. The largest absolute Gasteiger partial charge is 0.322 e. The molecule has 158 valence electrons. The van der Waals surface area contributed by atoms with Crippen molar-refractivity contribution < 1.29 is 4.79 Å². The minimum Gasteiger partial charge on any atom is -0.322 e. The lowest BCUT2D eigenvalue weighted by Crippen LogP contribution is -2.13. The maximum Gasteiger partial charge on any atom is 0.256 e. The Morgan fingerprint density at radius 2 is 1.27 bits per heavy atom. The molecule has 1 N–H and O–H groups in total. The molecule has 0 bridgehead atoms. The van der Waals surface area contributed by atoms with E-state index in [-0.39, 0.29) is 5.91 Å². The normalized spacial score (nSPS) is 11.0. The van der Waals surface area contributed by atoms with E-state index in [4.69, 9.17) is 4.98 Å². The van der Waals surface area contributed by atoms with E-state index in [2.05, 4.69) is 15.5 Å². The highest BCUT2D eigenvalue weighted by Crippen LogP contribution is 2.26. The Labute approximate surface area is 191 Å². The average Bonchev–Trinajstić information content (AvgIpc) is 2.88. The van der Waals surface area contributed by atoms with Crippen molar-refractivity contribution >= 4 is 33.9 Å². The van der Waals surface area contributed by atoms with Crippen LogP contribution >= 0.6 is 0 Å². The number of benzene rings is 4. The molecule has 0 radical (unpaired) electrons. The Bertz CT molecular complexity index is 1430. The van der Waals surface area contributed by atoms with E-state index < -0.39 is 0 Å². The van der Waals surface area contributed by atoms with Gasteiger partial charge in [0.15, 0.2) is 0 Å². The number of azo groups is 1. The fourth-order valence-electron chi connectivity index (χ4n) is 3.54. The second-order valence-electron chi connectivity index (χ2n) is 7.47.